The molecule has 0 saturated carbocycles. The van der Waals surface area contributed by atoms with Gasteiger partial charge in [0.2, 0.25) is 0 Å². The molecule has 114 valence electrons. The van der Waals surface area contributed by atoms with Crippen LogP contribution in [0.2, 0.25) is 0 Å². The minimum Gasteiger partial charge on any atom is -0.497 e. The lowest BCUT2D eigenvalue weighted by Gasteiger charge is -2.12. The first-order valence-electron chi connectivity index (χ1n) is 6.70. The highest BCUT2D eigenvalue weighted by atomic mass is 16.5. The number of rotatable bonds is 4. The third kappa shape index (κ3) is 3.25. The van der Waals surface area contributed by atoms with Crippen molar-refractivity contribution in [3.8, 4) is 5.75 Å². The molecule has 0 aliphatic carbocycles. The molecule has 1 N–H and O–H groups in total. The summed E-state index contributed by atoms with van der Waals surface area (Å²) < 4.78 is 9.87. The molecule has 0 aromatic heterocycles. The van der Waals surface area contributed by atoms with E-state index in [1.54, 1.807) is 49.4 Å². The number of hydrogen-bond donors (Lipinski definition) is 1. The predicted molar refractivity (Wildman–Crippen MR) is 83.5 cm³/mol. The van der Waals surface area contributed by atoms with Crippen molar-refractivity contribution in [2.75, 3.05) is 19.5 Å². The Morgan fingerprint density at radius 3 is 2.45 bits per heavy atom. The third-order valence-electron chi connectivity index (χ3n) is 3.24. The lowest BCUT2D eigenvalue weighted by atomic mass is 10.1. The smallest absolute Gasteiger partial charge is 0.340 e. The zero-order valence-electron chi connectivity index (χ0n) is 12.7. The van der Waals surface area contributed by atoms with Gasteiger partial charge in [-0.3, -0.25) is 4.79 Å². The molecule has 0 unspecified atom stereocenters. The monoisotopic (exact) mass is 299 g/mol. The summed E-state index contributed by atoms with van der Waals surface area (Å²) >= 11 is 0. The molecule has 1 amide bonds. The molecule has 2 aromatic carbocycles. The summed E-state index contributed by atoms with van der Waals surface area (Å²) in [7, 11) is 2.84. The Morgan fingerprint density at radius 1 is 1.05 bits per heavy atom. The van der Waals surface area contributed by atoms with E-state index in [1.807, 2.05) is 0 Å². The molecular formula is C17H17NO4. The molecule has 0 atom stereocenters. The maximum Gasteiger partial charge on any atom is 0.340 e. The van der Waals surface area contributed by atoms with Crippen molar-refractivity contribution in [1.29, 1.82) is 0 Å². The van der Waals surface area contributed by atoms with Crippen LogP contribution in [0.5, 0.6) is 5.75 Å². The van der Waals surface area contributed by atoms with Gasteiger partial charge >= 0.3 is 5.97 Å². The lowest BCUT2D eigenvalue weighted by molar-refractivity contribution is 0.0601. The molecule has 0 aliphatic heterocycles. The standard InChI is InChI=1S/C17H17NO4/c1-11-6-4-9-14(15(11)17(20)22-3)18-16(19)12-7-5-8-13(10-12)21-2/h4-10H,1-3H3,(H,18,19). The van der Waals surface area contributed by atoms with Crippen LogP contribution in [0.25, 0.3) is 0 Å². The van der Waals surface area contributed by atoms with E-state index in [1.165, 1.54) is 14.2 Å². The first-order chi connectivity index (χ1) is 10.6. The SMILES string of the molecule is COC(=O)c1c(C)cccc1NC(=O)c1cccc(OC)c1. The fraction of sp³-hybridized carbons (Fsp3) is 0.176. The van der Waals surface area contributed by atoms with E-state index in [2.05, 4.69) is 5.32 Å². The van der Waals surface area contributed by atoms with Crippen LogP contribution in [0.1, 0.15) is 26.3 Å². The number of benzene rings is 2. The highest BCUT2D eigenvalue weighted by molar-refractivity contribution is 6.08. The Hall–Kier alpha value is -2.82. The number of anilines is 1. The zero-order valence-corrected chi connectivity index (χ0v) is 12.7. The summed E-state index contributed by atoms with van der Waals surface area (Å²) in [6.45, 7) is 1.79. The largest absolute Gasteiger partial charge is 0.497 e. The number of amides is 1. The van der Waals surface area contributed by atoms with E-state index in [-0.39, 0.29) is 5.91 Å². The van der Waals surface area contributed by atoms with Gasteiger partial charge in [0, 0.05) is 5.56 Å². The third-order valence-corrected chi connectivity index (χ3v) is 3.24. The molecule has 22 heavy (non-hydrogen) atoms. The van der Waals surface area contributed by atoms with Crippen molar-refractivity contribution in [1.82, 2.24) is 0 Å². The van der Waals surface area contributed by atoms with E-state index < -0.39 is 5.97 Å². The second kappa shape index (κ2) is 6.76. The van der Waals surface area contributed by atoms with Gasteiger partial charge in [-0.1, -0.05) is 18.2 Å². The maximum absolute atomic E-state index is 12.3. The summed E-state index contributed by atoms with van der Waals surface area (Å²) in [4.78, 5) is 24.2. The van der Waals surface area contributed by atoms with Crippen LogP contribution >= 0.6 is 0 Å². The van der Waals surface area contributed by atoms with Crippen LogP contribution in [0, 0.1) is 6.92 Å². The molecule has 5 nitrogen and oxygen atoms in total. The number of nitrogens with one attached hydrogen (secondary N) is 1. The van der Waals surface area contributed by atoms with Gasteiger partial charge in [0.1, 0.15) is 5.75 Å². The number of carbonyl (C=O) groups excluding carboxylic acids is 2. The Balaban J connectivity index is 2.32. The minimum absolute atomic E-state index is 0.324. The predicted octanol–water partition coefficient (Wildman–Crippen LogP) is 3.04. The molecule has 0 spiro atoms. The number of hydrogen-bond acceptors (Lipinski definition) is 4. The van der Waals surface area contributed by atoms with Crippen molar-refractivity contribution in [2.45, 2.75) is 6.92 Å². The van der Waals surface area contributed by atoms with E-state index in [0.717, 1.165) is 5.56 Å². The van der Waals surface area contributed by atoms with Crippen LogP contribution in [-0.4, -0.2) is 26.1 Å². The normalized spacial score (nSPS) is 9.95. The van der Waals surface area contributed by atoms with Crippen LogP contribution in [0.3, 0.4) is 0 Å². The van der Waals surface area contributed by atoms with Crippen molar-refractivity contribution in [2.24, 2.45) is 0 Å². The molecule has 0 heterocycles. The van der Waals surface area contributed by atoms with E-state index in [0.29, 0.717) is 22.6 Å². The van der Waals surface area contributed by atoms with E-state index >= 15 is 0 Å². The number of methoxy groups -OCH3 is 2. The first kappa shape index (κ1) is 15.6. The highest BCUT2D eigenvalue weighted by Gasteiger charge is 2.17. The molecule has 0 fully saturated rings. The number of carbonyl (C=O) groups is 2. The fourth-order valence-electron chi connectivity index (χ4n) is 2.10. The van der Waals surface area contributed by atoms with Crippen molar-refractivity contribution >= 4 is 17.6 Å². The molecular weight excluding hydrogens is 282 g/mol. The average Bonchev–Trinajstić information content (AvgIpc) is 2.54. The van der Waals surface area contributed by atoms with Gasteiger partial charge in [0.25, 0.3) is 5.91 Å². The summed E-state index contributed by atoms with van der Waals surface area (Å²) in [5, 5.41) is 2.74. The van der Waals surface area contributed by atoms with Gasteiger partial charge in [-0.15, -0.1) is 0 Å². The number of ether oxygens (including phenoxy) is 2. The van der Waals surface area contributed by atoms with Gasteiger partial charge in [-0.2, -0.15) is 0 Å². The molecule has 0 bridgehead atoms. The maximum atomic E-state index is 12.3. The number of aryl methyl sites for hydroxylation is 1. The highest BCUT2D eigenvalue weighted by Crippen LogP contribution is 2.22. The van der Waals surface area contributed by atoms with E-state index in [9.17, 15) is 9.59 Å². The quantitative estimate of drug-likeness (QED) is 0.881. The lowest BCUT2D eigenvalue weighted by Crippen LogP contribution is -2.16. The Kier molecular flexibility index (Phi) is 4.78. The fourth-order valence-corrected chi connectivity index (χ4v) is 2.10. The average molecular weight is 299 g/mol. The van der Waals surface area contributed by atoms with Crippen LogP contribution in [-0.2, 0) is 4.74 Å². The van der Waals surface area contributed by atoms with Crippen molar-refractivity contribution in [3.05, 3.63) is 59.2 Å². The zero-order chi connectivity index (χ0) is 16.1. The summed E-state index contributed by atoms with van der Waals surface area (Å²) in [5.74, 6) is -0.223. The van der Waals surface area contributed by atoms with Crippen molar-refractivity contribution < 1.29 is 19.1 Å². The minimum atomic E-state index is -0.487. The first-order valence-corrected chi connectivity index (χ1v) is 6.70. The van der Waals surface area contributed by atoms with Crippen LogP contribution < -0.4 is 10.1 Å². The van der Waals surface area contributed by atoms with Gasteiger partial charge in [-0.05, 0) is 36.8 Å². The van der Waals surface area contributed by atoms with Crippen LogP contribution in [0.4, 0.5) is 5.69 Å². The second-order valence-electron chi connectivity index (χ2n) is 4.68. The topological polar surface area (TPSA) is 64.6 Å². The van der Waals surface area contributed by atoms with Gasteiger partial charge in [0.05, 0.1) is 25.5 Å². The van der Waals surface area contributed by atoms with Gasteiger partial charge < -0.3 is 14.8 Å². The molecule has 2 rings (SSSR count). The van der Waals surface area contributed by atoms with Gasteiger partial charge in [0.15, 0.2) is 0 Å². The second-order valence-corrected chi connectivity index (χ2v) is 4.68. The Morgan fingerprint density at radius 2 is 1.77 bits per heavy atom. The Labute approximate surface area is 128 Å². The molecule has 0 aliphatic rings. The van der Waals surface area contributed by atoms with Crippen LogP contribution in [0.15, 0.2) is 42.5 Å². The summed E-state index contributed by atoms with van der Waals surface area (Å²) in [5.41, 5.74) is 1.94. The van der Waals surface area contributed by atoms with E-state index in [4.69, 9.17) is 9.47 Å². The number of esters is 1. The molecule has 0 saturated heterocycles. The van der Waals surface area contributed by atoms with Gasteiger partial charge in [-0.25, -0.2) is 4.79 Å². The summed E-state index contributed by atoms with van der Waals surface area (Å²) in [6, 6.07) is 12.0. The molecule has 2 aromatic rings. The Bertz CT molecular complexity index is 710. The summed E-state index contributed by atoms with van der Waals surface area (Å²) in [6.07, 6.45) is 0. The molecule has 5 heteroatoms. The van der Waals surface area contributed by atoms with Crippen molar-refractivity contribution in [3.63, 3.8) is 0 Å². The molecule has 0 radical (unpaired) electrons.